The molecule has 0 radical (unpaired) electrons. The van der Waals surface area contributed by atoms with Gasteiger partial charge in [0.05, 0.1) is 11.0 Å². The summed E-state index contributed by atoms with van der Waals surface area (Å²) in [6.07, 6.45) is 3.34. The molecular formula is C21H25N3O2. The normalized spacial score (nSPS) is 11.0. The summed E-state index contributed by atoms with van der Waals surface area (Å²) in [6, 6.07) is 18.0. The number of carbonyl (C=O) groups excluding carboxylic acids is 1. The average molecular weight is 351 g/mol. The van der Waals surface area contributed by atoms with E-state index in [0.29, 0.717) is 19.5 Å². The van der Waals surface area contributed by atoms with Gasteiger partial charge in [0, 0.05) is 26.6 Å². The van der Waals surface area contributed by atoms with Gasteiger partial charge in [-0.15, -0.1) is 0 Å². The van der Waals surface area contributed by atoms with Gasteiger partial charge in [0.1, 0.15) is 0 Å². The number of imidazole rings is 1. The molecule has 0 bridgehead atoms. The Kier molecular flexibility index (Phi) is 5.89. The van der Waals surface area contributed by atoms with Crippen molar-refractivity contribution in [2.75, 3.05) is 6.54 Å². The molecule has 3 aromatic rings. The molecule has 0 fully saturated rings. The van der Waals surface area contributed by atoms with Gasteiger partial charge in [-0.1, -0.05) is 42.5 Å². The predicted molar refractivity (Wildman–Crippen MR) is 104 cm³/mol. The lowest BCUT2D eigenvalue weighted by atomic mass is 10.1. The van der Waals surface area contributed by atoms with E-state index >= 15 is 0 Å². The number of hydrogen-bond donors (Lipinski definition) is 1. The fourth-order valence-corrected chi connectivity index (χ4v) is 3.21. The van der Waals surface area contributed by atoms with E-state index in [1.54, 1.807) is 16.2 Å². The van der Waals surface area contributed by atoms with Crippen molar-refractivity contribution in [3.05, 3.63) is 70.6 Å². The van der Waals surface area contributed by atoms with E-state index in [2.05, 4.69) is 17.4 Å². The third-order valence-corrected chi connectivity index (χ3v) is 4.67. The van der Waals surface area contributed by atoms with Crippen LogP contribution >= 0.6 is 0 Å². The van der Waals surface area contributed by atoms with Crippen LogP contribution in [0.4, 0.5) is 0 Å². The second-order valence-electron chi connectivity index (χ2n) is 6.52. The van der Waals surface area contributed by atoms with Crippen LogP contribution in [0.2, 0.25) is 0 Å². The van der Waals surface area contributed by atoms with Gasteiger partial charge < -0.3 is 5.32 Å². The van der Waals surface area contributed by atoms with E-state index in [4.69, 9.17) is 0 Å². The maximum Gasteiger partial charge on any atom is 0.328 e. The van der Waals surface area contributed by atoms with E-state index in [1.807, 2.05) is 42.5 Å². The summed E-state index contributed by atoms with van der Waals surface area (Å²) in [4.78, 5) is 24.4. The monoisotopic (exact) mass is 351 g/mol. The highest BCUT2D eigenvalue weighted by molar-refractivity contribution is 5.77. The zero-order valence-electron chi connectivity index (χ0n) is 15.1. The molecule has 0 aliphatic rings. The Morgan fingerprint density at radius 1 is 0.962 bits per heavy atom. The molecule has 0 atom stereocenters. The summed E-state index contributed by atoms with van der Waals surface area (Å²) < 4.78 is 3.29. The van der Waals surface area contributed by atoms with Crippen molar-refractivity contribution in [2.24, 2.45) is 7.05 Å². The number of para-hydroxylation sites is 2. The Morgan fingerprint density at radius 3 is 2.42 bits per heavy atom. The smallest absolute Gasteiger partial charge is 0.328 e. The third kappa shape index (κ3) is 4.23. The van der Waals surface area contributed by atoms with Crippen LogP contribution in [0, 0.1) is 0 Å². The number of hydrogen-bond acceptors (Lipinski definition) is 2. The van der Waals surface area contributed by atoms with Crippen molar-refractivity contribution in [1.82, 2.24) is 14.5 Å². The molecule has 2 aromatic carbocycles. The topological polar surface area (TPSA) is 56.0 Å². The minimum atomic E-state index is -0.0816. The average Bonchev–Trinajstić information content (AvgIpc) is 2.91. The predicted octanol–water partition coefficient (Wildman–Crippen LogP) is 2.87. The number of nitrogens with zero attached hydrogens (tertiary/aromatic N) is 2. The van der Waals surface area contributed by atoms with E-state index in [0.717, 1.165) is 30.3 Å². The summed E-state index contributed by atoms with van der Waals surface area (Å²) in [5, 5.41) is 2.95. The minimum Gasteiger partial charge on any atom is -0.356 e. The number of carbonyl (C=O) groups is 1. The lowest BCUT2D eigenvalue weighted by Gasteiger charge is -2.06. The van der Waals surface area contributed by atoms with E-state index in [1.165, 1.54) is 5.56 Å². The van der Waals surface area contributed by atoms with Crippen LogP contribution < -0.4 is 11.0 Å². The van der Waals surface area contributed by atoms with E-state index in [-0.39, 0.29) is 11.6 Å². The number of benzene rings is 2. The summed E-state index contributed by atoms with van der Waals surface area (Å²) >= 11 is 0. The lowest BCUT2D eigenvalue weighted by molar-refractivity contribution is -0.121. The van der Waals surface area contributed by atoms with Crippen LogP contribution in [0.15, 0.2) is 59.4 Å². The van der Waals surface area contributed by atoms with Crippen molar-refractivity contribution in [2.45, 2.75) is 32.2 Å². The van der Waals surface area contributed by atoms with Gasteiger partial charge >= 0.3 is 5.69 Å². The molecule has 1 heterocycles. The van der Waals surface area contributed by atoms with Gasteiger partial charge in [-0.25, -0.2) is 4.79 Å². The van der Waals surface area contributed by atoms with Crippen LogP contribution in [0.25, 0.3) is 11.0 Å². The van der Waals surface area contributed by atoms with Gasteiger partial charge in [-0.05, 0) is 37.0 Å². The molecule has 26 heavy (non-hydrogen) atoms. The molecule has 1 N–H and O–H groups in total. The molecule has 0 saturated heterocycles. The fraction of sp³-hybridized carbons (Fsp3) is 0.333. The summed E-state index contributed by atoms with van der Waals surface area (Å²) in [7, 11) is 1.76. The Bertz CT molecular complexity index is 925. The second kappa shape index (κ2) is 8.52. The standard InChI is InChI=1S/C21H25N3O2/c1-23-18-12-5-6-13-19(18)24(21(23)26)16-14-20(25)22-15-8-7-11-17-9-3-2-4-10-17/h2-6,9-10,12-13H,7-8,11,14-16H2,1H3,(H,22,25). The van der Waals surface area contributed by atoms with Crippen LogP contribution in [-0.4, -0.2) is 21.6 Å². The van der Waals surface area contributed by atoms with E-state index in [9.17, 15) is 9.59 Å². The van der Waals surface area contributed by atoms with Gasteiger partial charge in [-0.2, -0.15) is 0 Å². The Labute approximate surface area is 153 Å². The van der Waals surface area contributed by atoms with Crippen molar-refractivity contribution in [3.63, 3.8) is 0 Å². The highest BCUT2D eigenvalue weighted by atomic mass is 16.2. The van der Waals surface area contributed by atoms with Gasteiger partial charge in [0.25, 0.3) is 0 Å². The number of nitrogens with one attached hydrogen (secondary N) is 1. The lowest BCUT2D eigenvalue weighted by Crippen LogP contribution is -2.28. The van der Waals surface area contributed by atoms with Crippen molar-refractivity contribution in [1.29, 1.82) is 0 Å². The highest BCUT2D eigenvalue weighted by Crippen LogP contribution is 2.11. The summed E-state index contributed by atoms with van der Waals surface area (Å²) in [6.45, 7) is 1.08. The zero-order chi connectivity index (χ0) is 18.4. The molecule has 3 rings (SSSR count). The molecule has 5 heteroatoms. The largest absolute Gasteiger partial charge is 0.356 e. The van der Waals surface area contributed by atoms with Crippen LogP contribution in [0.5, 0.6) is 0 Å². The van der Waals surface area contributed by atoms with Crippen molar-refractivity contribution in [3.8, 4) is 0 Å². The molecule has 1 aromatic heterocycles. The van der Waals surface area contributed by atoms with Crippen LogP contribution in [0.1, 0.15) is 24.8 Å². The summed E-state index contributed by atoms with van der Waals surface area (Å²) in [5.41, 5.74) is 3.01. The van der Waals surface area contributed by atoms with Crippen molar-refractivity contribution >= 4 is 16.9 Å². The molecule has 0 spiro atoms. The molecular weight excluding hydrogens is 326 g/mol. The molecule has 0 aliphatic carbocycles. The Balaban J connectivity index is 1.43. The number of unbranched alkanes of at least 4 members (excludes halogenated alkanes) is 1. The molecule has 0 saturated carbocycles. The van der Waals surface area contributed by atoms with Crippen LogP contribution in [-0.2, 0) is 24.8 Å². The summed E-state index contributed by atoms with van der Waals surface area (Å²) in [5.74, 6) is -0.00968. The first-order chi connectivity index (χ1) is 12.7. The maximum atomic E-state index is 12.3. The van der Waals surface area contributed by atoms with Gasteiger partial charge in [-0.3, -0.25) is 13.9 Å². The third-order valence-electron chi connectivity index (χ3n) is 4.67. The highest BCUT2D eigenvalue weighted by Gasteiger charge is 2.11. The number of rotatable bonds is 8. The van der Waals surface area contributed by atoms with Gasteiger partial charge in [0.15, 0.2) is 0 Å². The number of fused-ring (bicyclic) bond motifs is 1. The zero-order valence-corrected chi connectivity index (χ0v) is 15.1. The van der Waals surface area contributed by atoms with Crippen LogP contribution in [0.3, 0.4) is 0 Å². The quantitative estimate of drug-likeness (QED) is 0.635. The molecule has 136 valence electrons. The Hall–Kier alpha value is -2.82. The first-order valence-corrected chi connectivity index (χ1v) is 9.11. The molecule has 0 aliphatic heterocycles. The molecule has 5 nitrogen and oxygen atoms in total. The van der Waals surface area contributed by atoms with Crippen molar-refractivity contribution < 1.29 is 4.79 Å². The Morgan fingerprint density at radius 2 is 1.65 bits per heavy atom. The molecule has 1 amide bonds. The number of amides is 1. The second-order valence-corrected chi connectivity index (χ2v) is 6.52. The number of aryl methyl sites for hydroxylation is 3. The molecule has 0 unspecified atom stereocenters. The first-order valence-electron chi connectivity index (χ1n) is 9.11. The minimum absolute atomic E-state index is 0.00968. The fourth-order valence-electron chi connectivity index (χ4n) is 3.21. The first kappa shape index (κ1) is 18.0. The van der Waals surface area contributed by atoms with Gasteiger partial charge in [0.2, 0.25) is 5.91 Å². The number of aromatic nitrogens is 2. The van der Waals surface area contributed by atoms with E-state index < -0.39 is 0 Å². The maximum absolute atomic E-state index is 12.3. The SMILES string of the molecule is Cn1c(=O)n(CCC(=O)NCCCCc2ccccc2)c2ccccc21.